The molecule has 2 N–H and O–H groups in total. The molecular formula is C9H14ClN3O. The van der Waals surface area contributed by atoms with Crippen molar-refractivity contribution in [1.82, 2.24) is 10.2 Å². The summed E-state index contributed by atoms with van der Waals surface area (Å²) in [6.45, 7) is 3.83. The van der Waals surface area contributed by atoms with Gasteiger partial charge in [-0.25, -0.2) is 0 Å². The van der Waals surface area contributed by atoms with Crippen molar-refractivity contribution in [2.24, 2.45) is 0 Å². The molecule has 1 amide bonds. The number of anilines is 1. The van der Waals surface area contributed by atoms with Crippen molar-refractivity contribution >= 4 is 23.3 Å². The van der Waals surface area contributed by atoms with Crippen LogP contribution in [0.1, 0.15) is 24.1 Å². The highest BCUT2D eigenvalue weighted by atomic mass is 35.5. The van der Waals surface area contributed by atoms with Crippen LogP contribution in [0.5, 0.6) is 0 Å². The van der Waals surface area contributed by atoms with E-state index in [0.717, 1.165) is 11.3 Å². The largest absolute Gasteiger partial charge is 0.309 e. The molecule has 0 saturated carbocycles. The summed E-state index contributed by atoms with van der Waals surface area (Å²) in [7, 11) is 0. The van der Waals surface area contributed by atoms with Crippen molar-refractivity contribution in [1.29, 1.82) is 0 Å². The first-order valence-corrected chi connectivity index (χ1v) is 5.06. The van der Waals surface area contributed by atoms with Gasteiger partial charge in [0.1, 0.15) is 0 Å². The van der Waals surface area contributed by atoms with Crippen LogP contribution in [0.15, 0.2) is 0 Å². The number of amides is 1. The number of aromatic amines is 1. The van der Waals surface area contributed by atoms with Gasteiger partial charge in [-0.05, 0) is 20.3 Å². The van der Waals surface area contributed by atoms with Gasteiger partial charge < -0.3 is 5.32 Å². The molecule has 0 aliphatic carbocycles. The third-order valence-corrected chi connectivity index (χ3v) is 2.32. The van der Waals surface area contributed by atoms with Crippen molar-refractivity contribution in [3.05, 3.63) is 11.3 Å². The topological polar surface area (TPSA) is 57.8 Å². The highest BCUT2D eigenvalue weighted by Crippen LogP contribution is 2.13. The maximum atomic E-state index is 11.3. The number of carbonyl (C=O) groups excluding carboxylic acids is 1. The predicted molar refractivity (Wildman–Crippen MR) is 56.6 cm³/mol. The van der Waals surface area contributed by atoms with Gasteiger partial charge in [-0.15, -0.1) is 11.6 Å². The molecule has 0 saturated heterocycles. The molecule has 0 aliphatic rings. The molecule has 78 valence electrons. The van der Waals surface area contributed by atoms with Gasteiger partial charge in [-0.1, -0.05) is 0 Å². The van der Waals surface area contributed by atoms with Gasteiger partial charge in [0, 0.05) is 23.6 Å². The smallest absolute Gasteiger partial charge is 0.225 e. The van der Waals surface area contributed by atoms with E-state index in [0.29, 0.717) is 24.5 Å². The van der Waals surface area contributed by atoms with E-state index in [9.17, 15) is 4.79 Å². The van der Waals surface area contributed by atoms with Crippen LogP contribution in [0.2, 0.25) is 0 Å². The fourth-order valence-corrected chi connectivity index (χ4v) is 1.16. The molecule has 1 aromatic heterocycles. The van der Waals surface area contributed by atoms with Crippen LogP contribution in [0.25, 0.3) is 0 Å². The van der Waals surface area contributed by atoms with Crippen LogP contribution in [0, 0.1) is 13.8 Å². The van der Waals surface area contributed by atoms with Crippen LogP contribution < -0.4 is 5.32 Å². The molecule has 0 fully saturated rings. The van der Waals surface area contributed by atoms with E-state index >= 15 is 0 Å². The summed E-state index contributed by atoms with van der Waals surface area (Å²) in [6.07, 6.45) is 1.13. The first-order chi connectivity index (χ1) is 6.65. The fourth-order valence-electron chi connectivity index (χ4n) is 1.03. The van der Waals surface area contributed by atoms with Gasteiger partial charge >= 0.3 is 0 Å². The summed E-state index contributed by atoms with van der Waals surface area (Å²) in [5, 5.41) is 9.51. The summed E-state index contributed by atoms with van der Waals surface area (Å²) in [5.74, 6) is 1.08. The Morgan fingerprint density at radius 3 is 2.79 bits per heavy atom. The lowest BCUT2D eigenvalue weighted by Gasteiger charge is -2.01. The minimum absolute atomic E-state index is 0.0414. The molecule has 1 heterocycles. The zero-order valence-corrected chi connectivity index (χ0v) is 9.11. The minimum Gasteiger partial charge on any atom is -0.309 e. The summed E-state index contributed by atoms with van der Waals surface area (Å²) in [4.78, 5) is 11.3. The molecule has 1 rings (SSSR count). The number of hydrogen-bond acceptors (Lipinski definition) is 2. The third kappa shape index (κ3) is 2.73. The second-order valence-electron chi connectivity index (χ2n) is 3.16. The van der Waals surface area contributed by atoms with Gasteiger partial charge in [0.25, 0.3) is 0 Å². The number of H-pyrrole nitrogens is 1. The van der Waals surface area contributed by atoms with Gasteiger partial charge in [0.2, 0.25) is 5.91 Å². The number of nitrogens with zero attached hydrogens (tertiary/aromatic N) is 1. The first-order valence-electron chi connectivity index (χ1n) is 4.52. The number of aromatic nitrogens is 2. The number of carbonyl (C=O) groups is 1. The van der Waals surface area contributed by atoms with Crippen LogP contribution in [0.3, 0.4) is 0 Å². The number of hydrogen-bond donors (Lipinski definition) is 2. The molecule has 0 radical (unpaired) electrons. The van der Waals surface area contributed by atoms with Crippen molar-refractivity contribution in [2.45, 2.75) is 26.7 Å². The lowest BCUT2D eigenvalue weighted by atomic mass is 10.2. The van der Waals surface area contributed by atoms with Gasteiger partial charge in [-0.3, -0.25) is 9.89 Å². The fraction of sp³-hybridized carbons (Fsp3) is 0.556. The standard InChI is InChI=1S/C9H14ClN3O/c1-6-7(2)12-13-9(6)11-8(14)4-3-5-10/h3-5H2,1-2H3,(H2,11,12,13,14). The number of alkyl halides is 1. The molecular weight excluding hydrogens is 202 g/mol. The molecule has 0 aliphatic heterocycles. The van der Waals surface area contributed by atoms with Gasteiger partial charge in [0.15, 0.2) is 5.82 Å². The Morgan fingerprint density at radius 2 is 2.29 bits per heavy atom. The summed E-state index contributed by atoms with van der Waals surface area (Å²) in [6, 6.07) is 0. The van der Waals surface area contributed by atoms with E-state index in [4.69, 9.17) is 11.6 Å². The Hall–Kier alpha value is -1.03. The maximum absolute atomic E-state index is 11.3. The van der Waals surface area contributed by atoms with Crippen molar-refractivity contribution < 1.29 is 4.79 Å². The van der Waals surface area contributed by atoms with Crippen molar-refractivity contribution in [2.75, 3.05) is 11.2 Å². The zero-order valence-electron chi connectivity index (χ0n) is 8.35. The predicted octanol–water partition coefficient (Wildman–Crippen LogP) is 1.98. The number of aryl methyl sites for hydroxylation is 1. The van der Waals surface area contributed by atoms with Gasteiger partial charge in [-0.2, -0.15) is 5.10 Å². The minimum atomic E-state index is -0.0414. The van der Waals surface area contributed by atoms with E-state index < -0.39 is 0 Å². The van der Waals surface area contributed by atoms with E-state index in [1.165, 1.54) is 0 Å². The summed E-state index contributed by atoms with van der Waals surface area (Å²) < 4.78 is 0. The van der Waals surface area contributed by atoms with Crippen molar-refractivity contribution in [3.8, 4) is 0 Å². The quantitative estimate of drug-likeness (QED) is 0.755. The van der Waals surface area contributed by atoms with Crippen molar-refractivity contribution in [3.63, 3.8) is 0 Å². The lowest BCUT2D eigenvalue weighted by Crippen LogP contribution is -2.12. The molecule has 0 bridgehead atoms. The van der Waals surface area contributed by atoms with E-state index in [-0.39, 0.29) is 5.91 Å². The van der Waals surface area contributed by atoms with E-state index in [1.807, 2.05) is 13.8 Å². The molecule has 14 heavy (non-hydrogen) atoms. The van der Waals surface area contributed by atoms with Crippen LogP contribution in [-0.4, -0.2) is 22.0 Å². The van der Waals surface area contributed by atoms with E-state index in [1.54, 1.807) is 0 Å². The number of nitrogens with one attached hydrogen (secondary N) is 2. The highest BCUT2D eigenvalue weighted by molar-refractivity contribution is 6.18. The molecule has 0 atom stereocenters. The average molecular weight is 216 g/mol. The Kier molecular flexibility index (Phi) is 3.95. The van der Waals surface area contributed by atoms with E-state index in [2.05, 4.69) is 15.5 Å². The SMILES string of the molecule is Cc1[nH]nc(NC(=O)CCCCl)c1C. The Balaban J connectivity index is 2.52. The third-order valence-electron chi connectivity index (χ3n) is 2.05. The second kappa shape index (κ2) is 5.00. The summed E-state index contributed by atoms with van der Waals surface area (Å²) >= 11 is 5.48. The van der Waals surface area contributed by atoms with Gasteiger partial charge in [0.05, 0.1) is 0 Å². The Labute approximate surface area is 88.0 Å². The molecule has 5 heteroatoms. The van der Waals surface area contributed by atoms with Crippen LogP contribution in [-0.2, 0) is 4.79 Å². The Bertz CT molecular complexity index is 322. The molecule has 0 spiro atoms. The maximum Gasteiger partial charge on any atom is 0.225 e. The second-order valence-corrected chi connectivity index (χ2v) is 3.54. The summed E-state index contributed by atoms with van der Waals surface area (Å²) in [5.41, 5.74) is 1.95. The molecule has 1 aromatic rings. The Morgan fingerprint density at radius 1 is 1.57 bits per heavy atom. The monoisotopic (exact) mass is 215 g/mol. The zero-order chi connectivity index (χ0) is 10.6. The lowest BCUT2D eigenvalue weighted by molar-refractivity contribution is -0.116. The molecule has 0 aromatic carbocycles. The number of halogens is 1. The average Bonchev–Trinajstić information content (AvgIpc) is 2.46. The normalized spacial score (nSPS) is 10.2. The molecule has 0 unspecified atom stereocenters. The molecule has 4 nitrogen and oxygen atoms in total. The van der Waals surface area contributed by atoms with Crippen LogP contribution in [0.4, 0.5) is 5.82 Å². The first kappa shape index (κ1) is 11.0. The highest BCUT2D eigenvalue weighted by Gasteiger charge is 2.08. The number of rotatable bonds is 4. The van der Waals surface area contributed by atoms with Crippen LogP contribution >= 0.6 is 11.6 Å².